The molecule has 1 aromatic carbocycles. The molecule has 4 nitrogen and oxygen atoms in total. The number of benzene rings is 1. The predicted octanol–water partition coefficient (Wildman–Crippen LogP) is 3.47. The maximum Gasteiger partial charge on any atom is 0.130 e. The van der Waals surface area contributed by atoms with E-state index < -0.39 is 0 Å². The van der Waals surface area contributed by atoms with Crippen LogP contribution in [0.2, 0.25) is 0 Å². The summed E-state index contributed by atoms with van der Waals surface area (Å²) in [4.78, 5) is 8.67. The van der Waals surface area contributed by atoms with E-state index in [1.807, 2.05) is 30.3 Å². The van der Waals surface area contributed by atoms with Crippen LogP contribution < -0.4 is 11.1 Å². The van der Waals surface area contributed by atoms with Crippen molar-refractivity contribution in [2.75, 3.05) is 11.1 Å². The molecule has 104 valence electrons. The number of nitrogens with two attached hydrogens (primary N) is 1. The number of nitrogen functional groups attached to an aromatic ring is 1. The molecule has 0 atom stereocenters. The van der Waals surface area contributed by atoms with Gasteiger partial charge in [0.1, 0.15) is 12.1 Å². The first-order valence-electron chi connectivity index (χ1n) is 7.26. The summed E-state index contributed by atoms with van der Waals surface area (Å²) in [6.07, 6.45) is 8.06. The van der Waals surface area contributed by atoms with E-state index >= 15 is 0 Å². The van der Waals surface area contributed by atoms with Crippen LogP contribution in [0.25, 0.3) is 11.3 Å². The first-order valence-corrected chi connectivity index (χ1v) is 7.26. The summed E-state index contributed by atoms with van der Waals surface area (Å²) >= 11 is 0. The van der Waals surface area contributed by atoms with Gasteiger partial charge in [-0.15, -0.1) is 0 Å². The van der Waals surface area contributed by atoms with Gasteiger partial charge >= 0.3 is 0 Å². The molecule has 1 aromatic heterocycles. The zero-order chi connectivity index (χ0) is 13.8. The highest BCUT2D eigenvalue weighted by molar-refractivity contribution is 5.66. The zero-order valence-corrected chi connectivity index (χ0v) is 11.5. The molecule has 0 spiro atoms. The lowest BCUT2D eigenvalue weighted by Crippen LogP contribution is -2.22. The maximum atomic E-state index is 5.82. The fourth-order valence-electron chi connectivity index (χ4n) is 2.75. The van der Waals surface area contributed by atoms with Gasteiger partial charge < -0.3 is 11.1 Å². The molecule has 1 saturated carbocycles. The van der Waals surface area contributed by atoms with E-state index in [1.54, 1.807) is 6.33 Å². The molecule has 0 saturated heterocycles. The molecular formula is C16H20N4. The van der Waals surface area contributed by atoms with Crippen LogP contribution in [0.5, 0.6) is 0 Å². The van der Waals surface area contributed by atoms with Gasteiger partial charge in [0.15, 0.2) is 0 Å². The van der Waals surface area contributed by atoms with Gasteiger partial charge in [-0.05, 0) is 25.0 Å². The van der Waals surface area contributed by atoms with Gasteiger partial charge in [-0.3, -0.25) is 0 Å². The monoisotopic (exact) mass is 268 g/mol. The SMILES string of the molecule is Nc1cccc(-c2cc(NC3CCCCC3)ncn2)c1. The Hall–Kier alpha value is -2.10. The van der Waals surface area contributed by atoms with E-state index in [4.69, 9.17) is 5.73 Å². The third-order valence-corrected chi connectivity index (χ3v) is 3.81. The number of anilines is 2. The molecule has 1 aliphatic carbocycles. The Morgan fingerprint density at radius 3 is 2.70 bits per heavy atom. The Labute approximate surface area is 119 Å². The van der Waals surface area contributed by atoms with Crippen molar-refractivity contribution in [1.82, 2.24) is 9.97 Å². The normalized spacial score (nSPS) is 16.0. The van der Waals surface area contributed by atoms with Gasteiger partial charge in [-0.25, -0.2) is 9.97 Å². The minimum absolute atomic E-state index is 0.548. The fraction of sp³-hybridized carbons (Fsp3) is 0.375. The lowest BCUT2D eigenvalue weighted by Gasteiger charge is -2.23. The van der Waals surface area contributed by atoms with Crippen molar-refractivity contribution < 1.29 is 0 Å². The van der Waals surface area contributed by atoms with E-state index in [2.05, 4.69) is 15.3 Å². The Kier molecular flexibility index (Phi) is 3.81. The molecular weight excluding hydrogens is 248 g/mol. The Morgan fingerprint density at radius 2 is 1.90 bits per heavy atom. The third kappa shape index (κ3) is 3.07. The number of nitrogens with one attached hydrogen (secondary N) is 1. The predicted molar refractivity (Wildman–Crippen MR) is 82.4 cm³/mol. The first-order chi connectivity index (χ1) is 9.81. The Morgan fingerprint density at radius 1 is 1.05 bits per heavy atom. The van der Waals surface area contributed by atoms with Crippen LogP contribution >= 0.6 is 0 Å². The highest BCUT2D eigenvalue weighted by Gasteiger charge is 2.13. The van der Waals surface area contributed by atoms with Crippen LogP contribution in [0.15, 0.2) is 36.7 Å². The van der Waals surface area contributed by atoms with Crippen molar-refractivity contribution in [3.05, 3.63) is 36.7 Å². The average Bonchev–Trinajstić information content (AvgIpc) is 2.49. The van der Waals surface area contributed by atoms with Crippen LogP contribution in [0.1, 0.15) is 32.1 Å². The molecule has 3 N–H and O–H groups in total. The second-order valence-corrected chi connectivity index (χ2v) is 5.39. The Balaban J connectivity index is 1.78. The number of hydrogen-bond acceptors (Lipinski definition) is 4. The van der Waals surface area contributed by atoms with Crippen LogP contribution in [0, 0.1) is 0 Å². The van der Waals surface area contributed by atoms with Gasteiger partial charge in [-0.2, -0.15) is 0 Å². The summed E-state index contributed by atoms with van der Waals surface area (Å²) in [6.45, 7) is 0. The molecule has 0 unspecified atom stereocenters. The van der Waals surface area contributed by atoms with Crippen LogP contribution in [0.4, 0.5) is 11.5 Å². The van der Waals surface area contributed by atoms with Crippen molar-refractivity contribution in [3.8, 4) is 11.3 Å². The summed E-state index contributed by atoms with van der Waals surface area (Å²) < 4.78 is 0. The highest BCUT2D eigenvalue weighted by atomic mass is 15.0. The van der Waals surface area contributed by atoms with E-state index in [0.29, 0.717) is 6.04 Å². The molecule has 1 fully saturated rings. The number of hydrogen-bond donors (Lipinski definition) is 2. The van der Waals surface area contributed by atoms with Gasteiger partial charge in [0, 0.05) is 23.4 Å². The van der Waals surface area contributed by atoms with E-state index in [-0.39, 0.29) is 0 Å². The molecule has 2 aromatic rings. The lowest BCUT2D eigenvalue weighted by atomic mass is 9.95. The molecule has 0 radical (unpaired) electrons. The minimum Gasteiger partial charge on any atom is -0.399 e. The molecule has 3 rings (SSSR count). The van der Waals surface area contributed by atoms with Crippen LogP contribution in [-0.2, 0) is 0 Å². The summed E-state index contributed by atoms with van der Waals surface area (Å²) in [5, 5.41) is 3.52. The van der Waals surface area contributed by atoms with Crippen molar-refractivity contribution in [1.29, 1.82) is 0 Å². The molecule has 0 bridgehead atoms. The molecule has 0 aliphatic heterocycles. The van der Waals surface area contributed by atoms with Crippen molar-refractivity contribution >= 4 is 11.5 Å². The first kappa shape index (κ1) is 12.9. The standard InChI is InChI=1S/C16H20N4/c17-13-6-4-5-12(9-13)15-10-16(19-11-18-15)20-14-7-2-1-3-8-14/h4-6,9-11,14H,1-3,7-8,17H2,(H,18,19,20). The van der Waals surface area contributed by atoms with Gasteiger partial charge in [0.2, 0.25) is 0 Å². The largest absolute Gasteiger partial charge is 0.399 e. The number of nitrogens with zero attached hydrogens (tertiary/aromatic N) is 2. The smallest absolute Gasteiger partial charge is 0.130 e. The van der Waals surface area contributed by atoms with Crippen LogP contribution in [0.3, 0.4) is 0 Å². The van der Waals surface area contributed by atoms with E-state index in [0.717, 1.165) is 22.8 Å². The lowest BCUT2D eigenvalue weighted by molar-refractivity contribution is 0.462. The maximum absolute atomic E-state index is 5.82. The molecule has 0 amide bonds. The zero-order valence-electron chi connectivity index (χ0n) is 11.5. The van der Waals surface area contributed by atoms with Gasteiger partial charge in [0.05, 0.1) is 5.69 Å². The summed E-state index contributed by atoms with van der Waals surface area (Å²) in [6, 6.07) is 10.3. The van der Waals surface area contributed by atoms with E-state index in [9.17, 15) is 0 Å². The van der Waals surface area contributed by atoms with Crippen molar-refractivity contribution in [3.63, 3.8) is 0 Å². The van der Waals surface area contributed by atoms with Crippen molar-refractivity contribution in [2.24, 2.45) is 0 Å². The molecule has 1 heterocycles. The minimum atomic E-state index is 0.548. The van der Waals surface area contributed by atoms with Gasteiger partial charge in [-0.1, -0.05) is 31.4 Å². The fourth-order valence-corrected chi connectivity index (χ4v) is 2.75. The highest BCUT2D eigenvalue weighted by Crippen LogP contribution is 2.24. The van der Waals surface area contributed by atoms with Crippen LogP contribution in [-0.4, -0.2) is 16.0 Å². The summed E-state index contributed by atoms with van der Waals surface area (Å²) in [7, 11) is 0. The molecule has 1 aliphatic rings. The number of aromatic nitrogens is 2. The topological polar surface area (TPSA) is 63.8 Å². The number of rotatable bonds is 3. The molecule has 20 heavy (non-hydrogen) atoms. The third-order valence-electron chi connectivity index (χ3n) is 3.81. The summed E-state index contributed by atoms with van der Waals surface area (Å²) in [5.74, 6) is 0.907. The summed E-state index contributed by atoms with van der Waals surface area (Å²) in [5.41, 5.74) is 8.51. The van der Waals surface area contributed by atoms with E-state index in [1.165, 1.54) is 32.1 Å². The van der Waals surface area contributed by atoms with Gasteiger partial charge in [0.25, 0.3) is 0 Å². The van der Waals surface area contributed by atoms with Crippen molar-refractivity contribution in [2.45, 2.75) is 38.1 Å². The molecule has 4 heteroatoms. The quantitative estimate of drug-likeness (QED) is 0.837. The average molecular weight is 268 g/mol. The Bertz CT molecular complexity index is 576. The second kappa shape index (κ2) is 5.90. The second-order valence-electron chi connectivity index (χ2n) is 5.39.